The van der Waals surface area contributed by atoms with Crippen LogP contribution in [0, 0.1) is 5.82 Å². The minimum Gasteiger partial charge on any atom is -0.383 e. The number of aromatic nitrogens is 5. The Morgan fingerprint density at radius 2 is 2.00 bits per heavy atom. The zero-order chi connectivity index (χ0) is 20.5. The predicted molar refractivity (Wildman–Crippen MR) is 102 cm³/mol. The lowest BCUT2D eigenvalue weighted by atomic mass is 10.0. The molecule has 2 aromatic heterocycles. The molecule has 0 saturated heterocycles. The summed E-state index contributed by atoms with van der Waals surface area (Å²) < 4.78 is 37.2. The molecule has 0 aliphatic heterocycles. The van der Waals surface area contributed by atoms with E-state index in [1.165, 1.54) is 23.9 Å². The first-order valence-electron chi connectivity index (χ1n) is 7.97. The van der Waals surface area contributed by atoms with Crippen molar-refractivity contribution in [2.24, 2.45) is 5.14 Å². The number of hydrogen-bond acceptors (Lipinski definition) is 7. The third-order valence-electron chi connectivity index (χ3n) is 3.83. The maximum atomic E-state index is 14.0. The van der Waals surface area contributed by atoms with Gasteiger partial charge in [-0.25, -0.2) is 22.9 Å². The number of hydrogen-bond donors (Lipinski definition) is 2. The highest BCUT2D eigenvalue weighted by molar-refractivity contribution is 9.10. The number of aliphatic hydroxyl groups is 1. The molecule has 0 bridgehead atoms. The molecule has 2 heterocycles. The third-order valence-corrected chi connectivity index (χ3v) is 5.53. The van der Waals surface area contributed by atoms with Crippen LogP contribution >= 0.6 is 15.9 Å². The maximum Gasteiger partial charge on any atom is 0.223 e. The lowest BCUT2D eigenvalue weighted by Gasteiger charge is -2.21. The van der Waals surface area contributed by atoms with Gasteiger partial charge in [0.15, 0.2) is 0 Å². The van der Waals surface area contributed by atoms with Crippen molar-refractivity contribution in [3.63, 3.8) is 0 Å². The molecule has 1 atom stereocenters. The summed E-state index contributed by atoms with van der Waals surface area (Å²) in [4.78, 5) is 5.43. The standard InChI is InChI=1S/C16H16BrFN6O3S/c1-16(25,9-28(19,26)27)14-7-3-6-13(20-14)15-21-23-24(22-15)8-10-11(17)4-2-5-12(10)18/h2-7,25H,8-9H2,1H3,(H2,19,26,27). The number of sulfonamides is 1. The first kappa shape index (κ1) is 20.5. The van der Waals surface area contributed by atoms with Crippen LogP contribution in [-0.2, 0) is 22.2 Å². The van der Waals surface area contributed by atoms with Gasteiger partial charge in [-0.2, -0.15) is 4.80 Å². The molecule has 0 amide bonds. The molecule has 0 spiro atoms. The lowest BCUT2D eigenvalue weighted by molar-refractivity contribution is 0.0773. The molecule has 0 radical (unpaired) electrons. The molecule has 1 unspecified atom stereocenters. The quantitative estimate of drug-likeness (QED) is 0.551. The zero-order valence-corrected chi connectivity index (χ0v) is 17.0. The SMILES string of the molecule is CC(O)(CS(N)(=O)=O)c1cccc(-c2nnn(Cc3c(F)cccc3Br)n2)n1. The van der Waals surface area contributed by atoms with E-state index in [1.807, 2.05) is 0 Å². The second-order valence-electron chi connectivity index (χ2n) is 6.33. The van der Waals surface area contributed by atoms with E-state index in [4.69, 9.17) is 5.14 Å². The van der Waals surface area contributed by atoms with E-state index in [0.717, 1.165) is 0 Å². The largest absolute Gasteiger partial charge is 0.383 e. The van der Waals surface area contributed by atoms with Crippen LogP contribution in [0.5, 0.6) is 0 Å². The Labute approximate surface area is 168 Å². The summed E-state index contributed by atoms with van der Waals surface area (Å²) in [7, 11) is -3.92. The summed E-state index contributed by atoms with van der Waals surface area (Å²) in [5, 5.41) is 27.4. The van der Waals surface area contributed by atoms with Crippen molar-refractivity contribution in [1.29, 1.82) is 0 Å². The summed E-state index contributed by atoms with van der Waals surface area (Å²) in [6.07, 6.45) is 0. The summed E-state index contributed by atoms with van der Waals surface area (Å²) in [6, 6.07) is 9.23. The topological polar surface area (TPSA) is 137 Å². The fourth-order valence-corrected chi connectivity index (χ4v) is 3.96. The molecule has 3 aromatic rings. The zero-order valence-electron chi connectivity index (χ0n) is 14.6. The molecule has 0 saturated carbocycles. The minimum absolute atomic E-state index is 0.0447. The fourth-order valence-electron chi connectivity index (χ4n) is 2.56. The van der Waals surface area contributed by atoms with Gasteiger partial charge < -0.3 is 5.11 Å². The Morgan fingerprint density at radius 3 is 2.68 bits per heavy atom. The van der Waals surface area contributed by atoms with Gasteiger partial charge in [-0.15, -0.1) is 10.2 Å². The average Bonchev–Trinajstić information content (AvgIpc) is 3.05. The van der Waals surface area contributed by atoms with E-state index in [9.17, 15) is 17.9 Å². The van der Waals surface area contributed by atoms with Gasteiger partial charge in [0.25, 0.3) is 0 Å². The smallest absolute Gasteiger partial charge is 0.223 e. The van der Waals surface area contributed by atoms with Crippen LogP contribution in [0.15, 0.2) is 40.9 Å². The van der Waals surface area contributed by atoms with Crippen molar-refractivity contribution >= 4 is 26.0 Å². The molecule has 3 rings (SSSR count). The Hall–Kier alpha value is -2.28. The van der Waals surface area contributed by atoms with Crippen molar-refractivity contribution in [2.75, 3.05) is 5.75 Å². The number of nitrogens with two attached hydrogens (primary N) is 1. The van der Waals surface area contributed by atoms with Crippen LogP contribution in [0.1, 0.15) is 18.2 Å². The molecular formula is C16H16BrFN6O3S. The number of benzene rings is 1. The summed E-state index contributed by atoms with van der Waals surface area (Å²) in [6.45, 7) is 1.34. The van der Waals surface area contributed by atoms with Crippen molar-refractivity contribution < 1.29 is 17.9 Å². The van der Waals surface area contributed by atoms with E-state index in [2.05, 4.69) is 36.3 Å². The number of nitrogens with zero attached hydrogens (tertiary/aromatic N) is 5. The number of halogens is 2. The van der Waals surface area contributed by atoms with Gasteiger partial charge in [0.2, 0.25) is 15.8 Å². The predicted octanol–water partition coefficient (Wildman–Crippen LogP) is 1.18. The summed E-state index contributed by atoms with van der Waals surface area (Å²) in [5.41, 5.74) is -1.07. The highest BCUT2D eigenvalue weighted by atomic mass is 79.9. The molecule has 28 heavy (non-hydrogen) atoms. The Kier molecular flexibility index (Phi) is 5.57. The fraction of sp³-hybridized carbons (Fsp3) is 0.250. The monoisotopic (exact) mass is 470 g/mol. The van der Waals surface area contributed by atoms with Crippen LogP contribution < -0.4 is 5.14 Å². The second kappa shape index (κ2) is 7.62. The minimum atomic E-state index is -3.92. The molecule has 12 heteroatoms. The van der Waals surface area contributed by atoms with Crippen LogP contribution in [-0.4, -0.2) is 44.5 Å². The van der Waals surface area contributed by atoms with Gasteiger partial charge in [0.05, 0.1) is 18.0 Å². The van der Waals surface area contributed by atoms with E-state index in [-0.39, 0.29) is 23.8 Å². The van der Waals surface area contributed by atoms with Crippen molar-refractivity contribution in [3.8, 4) is 11.5 Å². The molecule has 148 valence electrons. The van der Waals surface area contributed by atoms with Gasteiger partial charge in [-0.1, -0.05) is 28.1 Å². The van der Waals surface area contributed by atoms with Crippen molar-refractivity contribution in [3.05, 3.63) is 57.9 Å². The third kappa shape index (κ3) is 4.76. The second-order valence-corrected chi connectivity index (χ2v) is 8.80. The Balaban J connectivity index is 1.88. The molecule has 1 aromatic carbocycles. The number of rotatable bonds is 6. The molecular weight excluding hydrogens is 455 g/mol. The number of primary sulfonamides is 1. The van der Waals surface area contributed by atoms with E-state index in [1.54, 1.807) is 24.3 Å². The highest BCUT2D eigenvalue weighted by Gasteiger charge is 2.30. The van der Waals surface area contributed by atoms with Gasteiger partial charge >= 0.3 is 0 Å². The van der Waals surface area contributed by atoms with Crippen molar-refractivity contribution in [2.45, 2.75) is 19.1 Å². The normalized spacial score (nSPS) is 14.0. The molecule has 0 fully saturated rings. The number of tetrazole rings is 1. The number of pyridine rings is 1. The van der Waals surface area contributed by atoms with Crippen LogP contribution in [0.3, 0.4) is 0 Å². The van der Waals surface area contributed by atoms with E-state index >= 15 is 0 Å². The molecule has 9 nitrogen and oxygen atoms in total. The highest BCUT2D eigenvalue weighted by Crippen LogP contribution is 2.23. The summed E-state index contributed by atoms with van der Waals surface area (Å²) in [5.74, 6) is -0.967. The Bertz CT molecular complexity index is 1100. The van der Waals surface area contributed by atoms with Crippen LogP contribution in [0.2, 0.25) is 0 Å². The first-order chi connectivity index (χ1) is 13.0. The van der Waals surface area contributed by atoms with Gasteiger partial charge in [0, 0.05) is 10.0 Å². The lowest BCUT2D eigenvalue weighted by Crippen LogP contribution is -2.35. The Morgan fingerprint density at radius 1 is 1.29 bits per heavy atom. The molecule has 3 N–H and O–H groups in total. The van der Waals surface area contributed by atoms with Crippen molar-refractivity contribution in [1.82, 2.24) is 25.2 Å². The van der Waals surface area contributed by atoms with Gasteiger partial charge in [-0.3, -0.25) is 0 Å². The maximum absolute atomic E-state index is 14.0. The average molecular weight is 471 g/mol. The van der Waals surface area contributed by atoms with Crippen LogP contribution in [0.25, 0.3) is 11.5 Å². The van der Waals surface area contributed by atoms with Gasteiger partial charge in [0.1, 0.15) is 17.1 Å². The van der Waals surface area contributed by atoms with E-state index in [0.29, 0.717) is 10.0 Å². The van der Waals surface area contributed by atoms with E-state index < -0.39 is 27.2 Å². The summed E-state index contributed by atoms with van der Waals surface area (Å²) >= 11 is 3.28. The van der Waals surface area contributed by atoms with Gasteiger partial charge in [-0.05, 0) is 36.4 Å². The molecule has 0 aliphatic rings. The molecule has 0 aliphatic carbocycles. The first-order valence-corrected chi connectivity index (χ1v) is 10.5. The van der Waals surface area contributed by atoms with Crippen LogP contribution in [0.4, 0.5) is 4.39 Å².